The number of alkyl halides is 1. The molecule has 0 amide bonds. The van der Waals surface area contributed by atoms with E-state index in [0.29, 0.717) is 10.0 Å². The fraction of sp³-hybridized carbons (Fsp3) is 0.429. The van der Waals surface area contributed by atoms with Gasteiger partial charge in [0.05, 0.1) is 6.10 Å². The van der Waals surface area contributed by atoms with Crippen LogP contribution in [0.3, 0.4) is 0 Å². The SMILES string of the molecule is COC(C)C(I)CCC=Cc1ccccc1. The summed E-state index contributed by atoms with van der Waals surface area (Å²) in [5, 5.41) is 0. The summed E-state index contributed by atoms with van der Waals surface area (Å²) in [5.41, 5.74) is 1.27. The number of allylic oxidation sites excluding steroid dienone is 1. The highest BCUT2D eigenvalue weighted by Gasteiger charge is 2.10. The molecule has 0 N–H and O–H groups in total. The Morgan fingerprint density at radius 3 is 2.62 bits per heavy atom. The molecule has 88 valence electrons. The van der Waals surface area contributed by atoms with Gasteiger partial charge in [0.1, 0.15) is 0 Å². The molecule has 2 atom stereocenters. The number of halogens is 1. The largest absolute Gasteiger partial charge is 0.381 e. The monoisotopic (exact) mass is 330 g/mol. The minimum Gasteiger partial charge on any atom is -0.381 e. The molecule has 0 aliphatic heterocycles. The molecule has 1 aromatic carbocycles. The van der Waals surface area contributed by atoms with Gasteiger partial charge in [0.2, 0.25) is 0 Å². The molecule has 0 aliphatic carbocycles. The van der Waals surface area contributed by atoms with Gasteiger partial charge in [0.15, 0.2) is 0 Å². The Morgan fingerprint density at radius 1 is 1.31 bits per heavy atom. The maximum Gasteiger partial charge on any atom is 0.0660 e. The van der Waals surface area contributed by atoms with Crippen LogP contribution in [-0.2, 0) is 4.74 Å². The highest BCUT2D eigenvalue weighted by atomic mass is 127. The van der Waals surface area contributed by atoms with Crippen LogP contribution in [0.2, 0.25) is 0 Å². The highest BCUT2D eigenvalue weighted by molar-refractivity contribution is 14.1. The van der Waals surface area contributed by atoms with Gasteiger partial charge in [-0.2, -0.15) is 0 Å². The van der Waals surface area contributed by atoms with Gasteiger partial charge < -0.3 is 4.74 Å². The summed E-state index contributed by atoms with van der Waals surface area (Å²) >= 11 is 2.46. The fourth-order valence-electron chi connectivity index (χ4n) is 1.42. The van der Waals surface area contributed by atoms with Crippen molar-refractivity contribution >= 4 is 28.7 Å². The number of rotatable bonds is 6. The Hall–Kier alpha value is -0.350. The van der Waals surface area contributed by atoms with Crippen molar-refractivity contribution in [1.29, 1.82) is 0 Å². The topological polar surface area (TPSA) is 9.23 Å². The van der Waals surface area contributed by atoms with Gasteiger partial charge in [-0.15, -0.1) is 0 Å². The summed E-state index contributed by atoms with van der Waals surface area (Å²) in [5.74, 6) is 0. The average molecular weight is 330 g/mol. The van der Waals surface area contributed by atoms with Gasteiger partial charge in [0.25, 0.3) is 0 Å². The van der Waals surface area contributed by atoms with Crippen molar-refractivity contribution in [3.63, 3.8) is 0 Å². The van der Waals surface area contributed by atoms with Crippen molar-refractivity contribution in [1.82, 2.24) is 0 Å². The second-order valence-electron chi connectivity index (χ2n) is 3.85. The zero-order chi connectivity index (χ0) is 11.8. The number of benzene rings is 1. The van der Waals surface area contributed by atoms with Crippen LogP contribution in [-0.4, -0.2) is 17.1 Å². The minimum absolute atomic E-state index is 0.339. The number of hydrogen-bond acceptors (Lipinski definition) is 1. The van der Waals surface area contributed by atoms with Crippen LogP contribution >= 0.6 is 22.6 Å². The van der Waals surface area contributed by atoms with Crippen LogP contribution in [0.1, 0.15) is 25.3 Å². The van der Waals surface area contributed by atoms with Crippen molar-refractivity contribution < 1.29 is 4.74 Å². The maximum absolute atomic E-state index is 5.30. The Morgan fingerprint density at radius 2 is 2.00 bits per heavy atom. The average Bonchev–Trinajstić information content (AvgIpc) is 2.34. The number of methoxy groups -OCH3 is 1. The summed E-state index contributed by atoms with van der Waals surface area (Å²) in [6.45, 7) is 2.12. The third-order valence-corrected chi connectivity index (χ3v) is 4.24. The van der Waals surface area contributed by atoms with Gasteiger partial charge >= 0.3 is 0 Å². The fourth-order valence-corrected chi connectivity index (χ4v) is 2.07. The molecule has 0 aliphatic rings. The molecule has 1 nitrogen and oxygen atoms in total. The highest BCUT2D eigenvalue weighted by Crippen LogP contribution is 2.16. The van der Waals surface area contributed by atoms with Crippen LogP contribution in [0.25, 0.3) is 6.08 Å². The zero-order valence-corrected chi connectivity index (χ0v) is 12.1. The van der Waals surface area contributed by atoms with Crippen LogP contribution in [0.5, 0.6) is 0 Å². The molecule has 0 heterocycles. The van der Waals surface area contributed by atoms with Gasteiger partial charge in [0, 0.05) is 11.0 Å². The van der Waals surface area contributed by atoms with E-state index in [1.807, 2.05) is 6.07 Å². The molecule has 2 heteroatoms. The van der Waals surface area contributed by atoms with E-state index in [-0.39, 0.29) is 0 Å². The summed E-state index contributed by atoms with van der Waals surface area (Å²) < 4.78 is 5.88. The molecule has 16 heavy (non-hydrogen) atoms. The molecule has 0 saturated heterocycles. The van der Waals surface area contributed by atoms with Crippen LogP contribution in [0, 0.1) is 0 Å². The van der Waals surface area contributed by atoms with Crippen LogP contribution in [0.15, 0.2) is 36.4 Å². The van der Waals surface area contributed by atoms with E-state index in [0.717, 1.165) is 6.42 Å². The quantitative estimate of drug-likeness (QED) is 0.558. The molecule has 0 aromatic heterocycles. The van der Waals surface area contributed by atoms with Crippen molar-refractivity contribution in [2.24, 2.45) is 0 Å². The van der Waals surface area contributed by atoms with Crippen molar-refractivity contribution in [3.8, 4) is 0 Å². The summed E-state index contributed by atoms with van der Waals surface area (Å²) in [6, 6.07) is 10.4. The maximum atomic E-state index is 5.30. The van der Waals surface area contributed by atoms with Crippen LogP contribution < -0.4 is 0 Å². The zero-order valence-electron chi connectivity index (χ0n) is 9.90. The van der Waals surface area contributed by atoms with E-state index < -0.39 is 0 Å². The smallest absolute Gasteiger partial charge is 0.0660 e. The van der Waals surface area contributed by atoms with E-state index in [1.165, 1.54) is 12.0 Å². The molecule has 0 bridgehead atoms. The molecular formula is C14H19IO. The standard InChI is InChI=1S/C14H19IO/c1-12(16-2)14(15)11-7-6-10-13-8-4-3-5-9-13/h3-6,8-10,12,14H,7,11H2,1-2H3. The Balaban J connectivity index is 2.28. The first kappa shape index (κ1) is 13.7. The summed E-state index contributed by atoms with van der Waals surface area (Å²) in [6.07, 6.45) is 7.03. The lowest BCUT2D eigenvalue weighted by molar-refractivity contribution is 0.118. The lowest BCUT2D eigenvalue weighted by atomic mass is 10.1. The third kappa shape index (κ3) is 5.12. The summed E-state index contributed by atoms with van der Waals surface area (Å²) in [7, 11) is 1.77. The van der Waals surface area contributed by atoms with E-state index in [4.69, 9.17) is 4.74 Å². The lowest BCUT2D eigenvalue weighted by Gasteiger charge is -2.15. The normalized spacial score (nSPS) is 15.2. The Kier molecular flexibility index (Phi) is 6.73. The second kappa shape index (κ2) is 7.85. The van der Waals surface area contributed by atoms with Crippen molar-refractivity contribution in [2.45, 2.75) is 29.8 Å². The molecular weight excluding hydrogens is 311 g/mol. The van der Waals surface area contributed by atoms with Crippen molar-refractivity contribution in [2.75, 3.05) is 7.11 Å². The molecule has 0 fully saturated rings. The third-order valence-electron chi connectivity index (χ3n) is 2.60. The van der Waals surface area contributed by atoms with Crippen molar-refractivity contribution in [3.05, 3.63) is 42.0 Å². The predicted molar refractivity (Wildman–Crippen MR) is 79.0 cm³/mol. The minimum atomic E-state index is 0.339. The van der Waals surface area contributed by atoms with Gasteiger partial charge in [-0.1, -0.05) is 65.1 Å². The Bertz CT molecular complexity index is 308. The second-order valence-corrected chi connectivity index (χ2v) is 5.45. The van der Waals surface area contributed by atoms with Gasteiger partial charge in [-0.3, -0.25) is 0 Å². The number of hydrogen-bond donors (Lipinski definition) is 0. The predicted octanol–water partition coefficient (Wildman–Crippen LogP) is 4.32. The first-order chi connectivity index (χ1) is 7.74. The lowest BCUT2D eigenvalue weighted by Crippen LogP contribution is -2.18. The van der Waals surface area contributed by atoms with Gasteiger partial charge in [-0.05, 0) is 25.3 Å². The number of ether oxygens (including phenoxy) is 1. The molecule has 0 radical (unpaired) electrons. The molecule has 1 aromatic rings. The molecule has 0 spiro atoms. The Labute approximate surface area is 112 Å². The van der Waals surface area contributed by atoms with E-state index >= 15 is 0 Å². The van der Waals surface area contributed by atoms with Crippen LogP contribution in [0.4, 0.5) is 0 Å². The summed E-state index contributed by atoms with van der Waals surface area (Å²) in [4.78, 5) is 0. The van der Waals surface area contributed by atoms with E-state index in [9.17, 15) is 0 Å². The molecule has 0 saturated carbocycles. The first-order valence-corrected chi connectivity index (χ1v) is 6.87. The molecule has 2 unspecified atom stereocenters. The first-order valence-electron chi connectivity index (χ1n) is 5.62. The van der Waals surface area contributed by atoms with E-state index in [2.05, 4.69) is 65.9 Å². The molecule has 1 rings (SSSR count). The van der Waals surface area contributed by atoms with E-state index in [1.54, 1.807) is 7.11 Å². The van der Waals surface area contributed by atoms with Gasteiger partial charge in [-0.25, -0.2) is 0 Å².